The lowest BCUT2D eigenvalue weighted by atomic mass is 10.2. The van der Waals surface area contributed by atoms with Crippen molar-refractivity contribution in [2.75, 3.05) is 17.2 Å². The van der Waals surface area contributed by atoms with Crippen molar-refractivity contribution in [1.29, 1.82) is 0 Å². The minimum atomic E-state index is -3.52. The first-order chi connectivity index (χ1) is 13.2. The van der Waals surface area contributed by atoms with Crippen molar-refractivity contribution in [2.45, 2.75) is 32.9 Å². The first-order valence-corrected chi connectivity index (χ1v) is 11.2. The quantitative estimate of drug-likeness (QED) is 0.667. The normalized spacial score (nSPS) is 12.3. The van der Waals surface area contributed by atoms with Crippen LogP contribution in [0.5, 0.6) is 5.75 Å². The fraction of sp³-hybridized carbons (Fsp3) is 0.350. The van der Waals surface area contributed by atoms with Crippen LogP contribution in [0.15, 0.2) is 48.5 Å². The van der Waals surface area contributed by atoms with E-state index < -0.39 is 10.0 Å². The Kier molecular flexibility index (Phi) is 7.71. The Balaban J connectivity index is 2.10. The lowest BCUT2D eigenvalue weighted by Crippen LogP contribution is -2.35. The van der Waals surface area contributed by atoms with E-state index in [0.717, 1.165) is 12.7 Å². The minimum absolute atomic E-state index is 0.0894. The molecule has 0 bridgehead atoms. The smallest absolute Gasteiger partial charge is 0.258 e. The van der Waals surface area contributed by atoms with E-state index in [1.54, 1.807) is 42.5 Å². The van der Waals surface area contributed by atoms with Crippen molar-refractivity contribution in [3.63, 3.8) is 0 Å². The molecule has 2 aromatic rings. The van der Waals surface area contributed by atoms with Crippen molar-refractivity contribution >= 4 is 33.2 Å². The molecule has 0 aliphatic heterocycles. The number of ether oxygens (including phenoxy) is 1. The average molecular weight is 425 g/mol. The number of benzene rings is 2. The van der Waals surface area contributed by atoms with Crippen molar-refractivity contribution < 1.29 is 17.9 Å². The summed E-state index contributed by atoms with van der Waals surface area (Å²) in [6.45, 7) is 3.93. The zero-order valence-corrected chi connectivity index (χ0v) is 17.8. The number of carbonyl (C=O) groups is 1. The molecule has 0 radical (unpaired) electrons. The number of halogens is 1. The molecule has 0 spiro atoms. The predicted octanol–water partition coefficient (Wildman–Crippen LogP) is 3.60. The van der Waals surface area contributed by atoms with Gasteiger partial charge in [0.1, 0.15) is 5.75 Å². The molecule has 1 amide bonds. The summed E-state index contributed by atoms with van der Waals surface area (Å²) in [6.07, 6.45) is 1.99. The van der Waals surface area contributed by atoms with E-state index >= 15 is 0 Å². The molecular formula is C20H25ClN2O4S. The zero-order valence-electron chi connectivity index (χ0n) is 16.2. The Morgan fingerprint density at radius 1 is 1.18 bits per heavy atom. The summed E-state index contributed by atoms with van der Waals surface area (Å²) >= 11 is 6.17. The number of nitrogens with one attached hydrogen (secondary N) is 1. The lowest BCUT2D eigenvalue weighted by molar-refractivity contribution is -0.123. The largest absolute Gasteiger partial charge is 0.484 e. The van der Waals surface area contributed by atoms with Crippen LogP contribution in [-0.2, 0) is 21.4 Å². The van der Waals surface area contributed by atoms with Crippen molar-refractivity contribution in [3.05, 3.63) is 59.1 Å². The van der Waals surface area contributed by atoms with Crippen LogP contribution in [0, 0.1) is 0 Å². The number of sulfonamides is 1. The highest BCUT2D eigenvalue weighted by Gasteiger charge is 2.19. The first kappa shape index (κ1) is 22.0. The topological polar surface area (TPSA) is 75.7 Å². The summed E-state index contributed by atoms with van der Waals surface area (Å²) in [4.78, 5) is 11.8. The number of carbonyl (C=O) groups excluding carboxylic acids is 1. The van der Waals surface area contributed by atoms with E-state index in [4.69, 9.17) is 16.3 Å². The number of anilines is 1. The standard InChI is InChI=1S/C20H25ClN2O4S/c1-4-15(2)22-20(24)14-27-18-11-9-17(10-12-18)23(28(3,25)26)13-16-7-5-6-8-19(16)21/h5-12,15H,4,13-14H2,1-3H3,(H,22,24)/t15-/m0/s1. The summed E-state index contributed by atoms with van der Waals surface area (Å²) in [5.74, 6) is 0.282. The van der Waals surface area contributed by atoms with E-state index in [0.29, 0.717) is 22.0 Å². The lowest BCUT2D eigenvalue weighted by Gasteiger charge is -2.23. The molecule has 0 saturated heterocycles. The molecule has 2 rings (SSSR count). The molecule has 0 aliphatic rings. The molecule has 0 fully saturated rings. The average Bonchev–Trinajstić information content (AvgIpc) is 2.65. The second-order valence-corrected chi connectivity index (χ2v) is 8.83. The third-order valence-corrected chi connectivity index (χ3v) is 5.70. The predicted molar refractivity (Wildman–Crippen MR) is 112 cm³/mol. The van der Waals surface area contributed by atoms with Crippen LogP contribution in [0.4, 0.5) is 5.69 Å². The van der Waals surface area contributed by atoms with Gasteiger partial charge in [-0.15, -0.1) is 0 Å². The van der Waals surface area contributed by atoms with Crippen LogP contribution in [-0.4, -0.2) is 33.2 Å². The molecule has 28 heavy (non-hydrogen) atoms. The molecule has 1 N–H and O–H groups in total. The van der Waals surface area contributed by atoms with Gasteiger partial charge < -0.3 is 10.1 Å². The van der Waals surface area contributed by atoms with E-state index in [-0.39, 0.29) is 25.1 Å². The maximum atomic E-state index is 12.3. The molecule has 0 saturated carbocycles. The summed E-state index contributed by atoms with van der Waals surface area (Å²) in [5.41, 5.74) is 1.19. The van der Waals surface area contributed by atoms with E-state index in [1.807, 2.05) is 19.9 Å². The van der Waals surface area contributed by atoms with E-state index in [1.165, 1.54) is 4.31 Å². The second kappa shape index (κ2) is 9.80. The number of amides is 1. The summed E-state index contributed by atoms with van der Waals surface area (Å²) < 4.78 is 31.3. The van der Waals surface area contributed by atoms with Gasteiger partial charge in [0.2, 0.25) is 10.0 Å². The Morgan fingerprint density at radius 2 is 1.82 bits per heavy atom. The van der Waals surface area contributed by atoms with Gasteiger partial charge in [-0.3, -0.25) is 9.10 Å². The number of hydrogen-bond donors (Lipinski definition) is 1. The van der Waals surface area contributed by atoms with Crippen LogP contribution >= 0.6 is 11.6 Å². The molecule has 0 aromatic heterocycles. The second-order valence-electron chi connectivity index (χ2n) is 6.52. The highest BCUT2D eigenvalue weighted by molar-refractivity contribution is 7.92. The van der Waals surface area contributed by atoms with E-state index in [9.17, 15) is 13.2 Å². The molecule has 8 heteroatoms. The van der Waals surface area contributed by atoms with Gasteiger partial charge in [-0.05, 0) is 49.2 Å². The Hall–Kier alpha value is -2.25. The summed E-state index contributed by atoms with van der Waals surface area (Å²) in [6, 6.07) is 13.7. The van der Waals surface area contributed by atoms with Crippen molar-refractivity contribution in [2.24, 2.45) is 0 Å². The third kappa shape index (κ3) is 6.42. The Labute approximate surface area is 171 Å². The molecule has 0 heterocycles. The number of hydrogen-bond acceptors (Lipinski definition) is 4. The maximum absolute atomic E-state index is 12.3. The zero-order chi connectivity index (χ0) is 20.7. The minimum Gasteiger partial charge on any atom is -0.484 e. The highest BCUT2D eigenvalue weighted by atomic mass is 35.5. The van der Waals surface area contributed by atoms with Crippen LogP contribution in [0.2, 0.25) is 5.02 Å². The monoisotopic (exact) mass is 424 g/mol. The van der Waals surface area contributed by atoms with Gasteiger partial charge in [0.15, 0.2) is 6.61 Å². The van der Waals surface area contributed by atoms with Crippen LogP contribution in [0.1, 0.15) is 25.8 Å². The van der Waals surface area contributed by atoms with E-state index in [2.05, 4.69) is 5.32 Å². The summed E-state index contributed by atoms with van der Waals surface area (Å²) in [7, 11) is -3.52. The van der Waals surface area contributed by atoms with Crippen LogP contribution in [0.3, 0.4) is 0 Å². The fourth-order valence-corrected chi connectivity index (χ4v) is 3.53. The molecule has 6 nitrogen and oxygen atoms in total. The molecule has 152 valence electrons. The van der Waals surface area contributed by atoms with Gasteiger partial charge in [-0.1, -0.05) is 36.7 Å². The van der Waals surface area contributed by atoms with Crippen molar-refractivity contribution in [1.82, 2.24) is 5.32 Å². The summed E-state index contributed by atoms with van der Waals surface area (Å²) in [5, 5.41) is 3.32. The molecule has 0 aliphatic carbocycles. The van der Waals surface area contributed by atoms with Gasteiger partial charge in [0, 0.05) is 11.1 Å². The van der Waals surface area contributed by atoms with Gasteiger partial charge in [-0.25, -0.2) is 8.42 Å². The molecule has 2 aromatic carbocycles. The van der Waals surface area contributed by atoms with Crippen LogP contribution < -0.4 is 14.4 Å². The Bertz CT molecular complexity index is 901. The van der Waals surface area contributed by atoms with Crippen LogP contribution in [0.25, 0.3) is 0 Å². The number of nitrogens with zero attached hydrogens (tertiary/aromatic N) is 1. The van der Waals surface area contributed by atoms with Gasteiger partial charge in [0.25, 0.3) is 5.91 Å². The molecule has 1 atom stereocenters. The Morgan fingerprint density at radius 3 is 2.39 bits per heavy atom. The van der Waals surface area contributed by atoms with Crippen molar-refractivity contribution in [3.8, 4) is 5.75 Å². The highest BCUT2D eigenvalue weighted by Crippen LogP contribution is 2.26. The van der Waals surface area contributed by atoms with Gasteiger partial charge in [-0.2, -0.15) is 0 Å². The maximum Gasteiger partial charge on any atom is 0.258 e. The first-order valence-electron chi connectivity index (χ1n) is 8.94. The SMILES string of the molecule is CC[C@H](C)NC(=O)COc1ccc(N(Cc2ccccc2Cl)S(C)(=O)=O)cc1. The molecular weight excluding hydrogens is 400 g/mol. The van der Waals surface area contributed by atoms with Gasteiger partial charge in [0.05, 0.1) is 18.5 Å². The fourth-order valence-electron chi connectivity index (χ4n) is 2.46. The number of rotatable bonds is 9. The third-order valence-electron chi connectivity index (χ3n) is 4.19. The molecule has 0 unspecified atom stereocenters. The van der Waals surface area contributed by atoms with Gasteiger partial charge >= 0.3 is 0 Å².